The van der Waals surface area contributed by atoms with E-state index in [-0.39, 0.29) is 11.9 Å². The molecule has 1 aliphatic heterocycles. The van der Waals surface area contributed by atoms with Gasteiger partial charge in [0.05, 0.1) is 19.0 Å². The Balaban J connectivity index is 1.75. The zero-order chi connectivity index (χ0) is 15.4. The highest BCUT2D eigenvalue weighted by molar-refractivity contribution is 5.99. The smallest absolute Gasteiger partial charge is 0.249 e. The average molecular weight is 299 g/mol. The number of hydrogen-bond acceptors (Lipinski definition) is 6. The Morgan fingerprint density at radius 2 is 2.27 bits per heavy atom. The summed E-state index contributed by atoms with van der Waals surface area (Å²) >= 11 is 0. The first-order valence-electron chi connectivity index (χ1n) is 7.13. The lowest BCUT2D eigenvalue weighted by atomic mass is 10.0. The first-order chi connectivity index (χ1) is 10.8. The molecule has 114 valence electrons. The van der Waals surface area contributed by atoms with E-state index in [0.29, 0.717) is 18.4 Å². The number of nitrogens with zero attached hydrogens (tertiary/aromatic N) is 4. The summed E-state index contributed by atoms with van der Waals surface area (Å²) in [5.74, 6) is 0.862. The summed E-state index contributed by atoms with van der Waals surface area (Å²) in [7, 11) is 1.54. The van der Waals surface area contributed by atoms with E-state index in [4.69, 9.17) is 4.74 Å². The minimum atomic E-state index is -0.346. The predicted molar refractivity (Wildman–Crippen MR) is 81.8 cm³/mol. The lowest BCUT2D eigenvalue weighted by Gasteiger charge is -2.32. The molecule has 0 spiro atoms. The fraction of sp³-hybridized carbons (Fsp3) is 0.333. The SMILES string of the molecule is COc1ccnc(NC2CCCN(c3cccnc3)C2=O)n1. The van der Waals surface area contributed by atoms with E-state index in [1.54, 1.807) is 36.7 Å². The largest absolute Gasteiger partial charge is 0.481 e. The summed E-state index contributed by atoms with van der Waals surface area (Å²) in [6.07, 6.45) is 6.64. The Morgan fingerprint density at radius 1 is 1.36 bits per heavy atom. The molecule has 1 unspecified atom stereocenters. The van der Waals surface area contributed by atoms with E-state index in [9.17, 15) is 4.79 Å². The number of anilines is 2. The fourth-order valence-electron chi connectivity index (χ4n) is 2.46. The van der Waals surface area contributed by atoms with Crippen molar-refractivity contribution in [2.75, 3.05) is 23.9 Å². The normalized spacial score (nSPS) is 18.1. The van der Waals surface area contributed by atoms with Crippen LogP contribution in [0.1, 0.15) is 12.8 Å². The second-order valence-corrected chi connectivity index (χ2v) is 4.96. The van der Waals surface area contributed by atoms with Gasteiger partial charge in [0.2, 0.25) is 17.7 Å². The van der Waals surface area contributed by atoms with Crippen molar-refractivity contribution < 1.29 is 9.53 Å². The van der Waals surface area contributed by atoms with E-state index in [0.717, 1.165) is 18.5 Å². The fourth-order valence-corrected chi connectivity index (χ4v) is 2.46. The molecular formula is C15H17N5O2. The average Bonchev–Trinajstić information content (AvgIpc) is 2.58. The summed E-state index contributed by atoms with van der Waals surface area (Å²) < 4.78 is 5.07. The van der Waals surface area contributed by atoms with Gasteiger partial charge in [0, 0.05) is 25.0 Å². The van der Waals surface area contributed by atoms with E-state index in [1.807, 2.05) is 12.1 Å². The minimum Gasteiger partial charge on any atom is -0.481 e. The quantitative estimate of drug-likeness (QED) is 0.921. The first kappa shape index (κ1) is 14.2. The number of carbonyl (C=O) groups excluding carboxylic acids is 1. The molecule has 7 heteroatoms. The number of hydrogen-bond donors (Lipinski definition) is 1. The van der Waals surface area contributed by atoms with Crippen LogP contribution in [0.2, 0.25) is 0 Å². The number of rotatable bonds is 4. The molecule has 22 heavy (non-hydrogen) atoms. The van der Waals surface area contributed by atoms with Crippen molar-refractivity contribution in [2.45, 2.75) is 18.9 Å². The number of ether oxygens (including phenoxy) is 1. The molecule has 1 fully saturated rings. The molecule has 1 saturated heterocycles. The van der Waals surface area contributed by atoms with E-state index in [1.165, 1.54) is 0 Å². The number of aromatic nitrogens is 3. The molecule has 3 rings (SSSR count). The molecule has 0 aliphatic carbocycles. The molecule has 0 radical (unpaired) electrons. The highest BCUT2D eigenvalue weighted by Gasteiger charge is 2.30. The number of carbonyl (C=O) groups is 1. The molecule has 1 aliphatic rings. The van der Waals surface area contributed by atoms with Crippen LogP contribution in [-0.4, -0.2) is 40.6 Å². The van der Waals surface area contributed by atoms with Gasteiger partial charge in [-0.3, -0.25) is 9.78 Å². The van der Waals surface area contributed by atoms with Gasteiger partial charge in [-0.2, -0.15) is 4.98 Å². The van der Waals surface area contributed by atoms with Crippen LogP contribution in [0.25, 0.3) is 0 Å². The van der Waals surface area contributed by atoms with Crippen LogP contribution in [0.15, 0.2) is 36.8 Å². The van der Waals surface area contributed by atoms with Crippen LogP contribution in [0, 0.1) is 0 Å². The topological polar surface area (TPSA) is 80.2 Å². The zero-order valence-electron chi connectivity index (χ0n) is 12.3. The van der Waals surface area contributed by atoms with Crippen LogP contribution in [0.3, 0.4) is 0 Å². The second-order valence-electron chi connectivity index (χ2n) is 4.96. The third kappa shape index (κ3) is 2.98. The summed E-state index contributed by atoms with van der Waals surface area (Å²) in [6, 6.07) is 5.02. The molecule has 1 N–H and O–H groups in total. The maximum atomic E-state index is 12.6. The Hall–Kier alpha value is -2.70. The summed E-state index contributed by atoms with van der Waals surface area (Å²) in [4.78, 5) is 26.8. The predicted octanol–water partition coefficient (Wildman–Crippen LogP) is 1.49. The van der Waals surface area contributed by atoms with Crippen molar-refractivity contribution in [3.8, 4) is 5.88 Å². The standard InChI is InChI=1S/C15H17N5O2/c1-22-13-6-8-17-15(19-13)18-12-5-3-9-20(14(12)21)11-4-2-7-16-10-11/h2,4,6-8,10,12H,3,5,9H2,1H3,(H,17,18,19). The van der Waals surface area contributed by atoms with Gasteiger partial charge in [0.1, 0.15) is 6.04 Å². The molecule has 2 aromatic rings. The molecule has 1 amide bonds. The molecule has 7 nitrogen and oxygen atoms in total. The van der Waals surface area contributed by atoms with Crippen molar-refractivity contribution in [3.63, 3.8) is 0 Å². The van der Waals surface area contributed by atoms with Crippen molar-refractivity contribution in [2.24, 2.45) is 0 Å². The number of piperidine rings is 1. The van der Waals surface area contributed by atoms with Gasteiger partial charge in [0.25, 0.3) is 0 Å². The van der Waals surface area contributed by atoms with Crippen molar-refractivity contribution in [1.82, 2.24) is 15.0 Å². The van der Waals surface area contributed by atoms with Gasteiger partial charge in [0.15, 0.2) is 0 Å². The summed E-state index contributed by atoms with van der Waals surface area (Å²) in [6.45, 7) is 0.696. The lowest BCUT2D eigenvalue weighted by molar-refractivity contribution is -0.120. The van der Waals surface area contributed by atoms with Crippen LogP contribution < -0.4 is 15.0 Å². The monoisotopic (exact) mass is 299 g/mol. The van der Waals surface area contributed by atoms with Crippen LogP contribution >= 0.6 is 0 Å². The van der Waals surface area contributed by atoms with Crippen molar-refractivity contribution in [3.05, 3.63) is 36.8 Å². The summed E-state index contributed by atoms with van der Waals surface area (Å²) in [5.41, 5.74) is 0.811. The van der Waals surface area contributed by atoms with Gasteiger partial charge < -0.3 is 15.0 Å². The molecule has 0 bridgehead atoms. The first-order valence-corrected chi connectivity index (χ1v) is 7.13. The lowest BCUT2D eigenvalue weighted by Crippen LogP contribution is -2.48. The van der Waals surface area contributed by atoms with Gasteiger partial charge in [-0.1, -0.05) is 0 Å². The van der Waals surface area contributed by atoms with Gasteiger partial charge in [-0.05, 0) is 25.0 Å². The Kier molecular flexibility index (Phi) is 4.13. The van der Waals surface area contributed by atoms with Crippen LogP contribution in [0.5, 0.6) is 5.88 Å². The van der Waals surface area contributed by atoms with Crippen LogP contribution in [-0.2, 0) is 4.79 Å². The number of pyridine rings is 1. The van der Waals surface area contributed by atoms with E-state index in [2.05, 4.69) is 20.3 Å². The second kappa shape index (κ2) is 6.38. The van der Waals surface area contributed by atoms with Crippen LogP contribution in [0.4, 0.5) is 11.6 Å². The Labute approximate surface area is 128 Å². The van der Waals surface area contributed by atoms with E-state index >= 15 is 0 Å². The van der Waals surface area contributed by atoms with Gasteiger partial charge in [-0.25, -0.2) is 4.98 Å². The van der Waals surface area contributed by atoms with Crippen molar-refractivity contribution >= 4 is 17.5 Å². The van der Waals surface area contributed by atoms with E-state index < -0.39 is 0 Å². The maximum Gasteiger partial charge on any atom is 0.249 e. The molecule has 0 aromatic carbocycles. The molecule has 2 aromatic heterocycles. The van der Waals surface area contributed by atoms with Crippen molar-refractivity contribution in [1.29, 1.82) is 0 Å². The number of nitrogens with one attached hydrogen (secondary N) is 1. The maximum absolute atomic E-state index is 12.6. The third-order valence-electron chi connectivity index (χ3n) is 3.54. The third-order valence-corrected chi connectivity index (χ3v) is 3.54. The minimum absolute atomic E-state index is 0.00525. The number of amides is 1. The highest BCUT2D eigenvalue weighted by Crippen LogP contribution is 2.21. The molecule has 0 saturated carbocycles. The molecule has 1 atom stereocenters. The zero-order valence-corrected chi connectivity index (χ0v) is 12.3. The Morgan fingerprint density at radius 3 is 3.05 bits per heavy atom. The number of methoxy groups -OCH3 is 1. The van der Waals surface area contributed by atoms with Gasteiger partial charge >= 0.3 is 0 Å². The summed E-state index contributed by atoms with van der Waals surface area (Å²) in [5, 5.41) is 3.09. The highest BCUT2D eigenvalue weighted by atomic mass is 16.5. The molecular weight excluding hydrogens is 282 g/mol. The Bertz CT molecular complexity index is 649. The van der Waals surface area contributed by atoms with Gasteiger partial charge in [-0.15, -0.1) is 0 Å². The molecule has 3 heterocycles.